The van der Waals surface area contributed by atoms with Crippen LogP contribution in [-0.4, -0.2) is 55.0 Å². The summed E-state index contributed by atoms with van der Waals surface area (Å²) in [5.41, 5.74) is 2.24. The van der Waals surface area contributed by atoms with E-state index in [1.165, 1.54) is 34.8 Å². The topological polar surface area (TPSA) is 122 Å². The van der Waals surface area contributed by atoms with Crippen molar-refractivity contribution in [2.45, 2.75) is 43.3 Å². The number of aromatic nitrogens is 4. The predicted octanol–water partition coefficient (Wildman–Crippen LogP) is 4.38. The number of nitrogens with zero attached hydrogens (tertiary/aromatic N) is 4. The van der Waals surface area contributed by atoms with Crippen LogP contribution in [0.5, 0.6) is 0 Å². The number of tetrazole rings is 1. The van der Waals surface area contributed by atoms with Gasteiger partial charge in [0.05, 0.1) is 39.3 Å². The zero-order valence-corrected chi connectivity index (χ0v) is 22.4. The maximum Gasteiger partial charge on any atom is 0.317 e. The number of carbonyl (C=O) groups excluding carboxylic acids is 1. The van der Waals surface area contributed by atoms with Crippen molar-refractivity contribution in [3.05, 3.63) is 57.6 Å². The van der Waals surface area contributed by atoms with Gasteiger partial charge in [0.1, 0.15) is 0 Å². The third-order valence-electron chi connectivity index (χ3n) is 5.47. The number of rotatable bonds is 9. The molecule has 1 amide bonds. The van der Waals surface area contributed by atoms with Crippen LogP contribution in [0.4, 0.5) is 5.69 Å². The Morgan fingerprint density at radius 3 is 2.65 bits per heavy atom. The second-order valence-electron chi connectivity index (χ2n) is 9.01. The van der Waals surface area contributed by atoms with Crippen LogP contribution in [0.15, 0.2) is 41.6 Å². The highest BCUT2D eigenvalue weighted by molar-refractivity contribution is 7.99. The molecule has 1 aliphatic carbocycles. The molecule has 3 aromatic rings. The Morgan fingerprint density at radius 2 is 1.97 bits per heavy atom. The van der Waals surface area contributed by atoms with Gasteiger partial charge in [-0.15, -0.1) is 5.10 Å². The van der Waals surface area contributed by atoms with E-state index in [0.717, 1.165) is 0 Å². The lowest BCUT2D eigenvalue weighted by Gasteiger charge is -2.18. The maximum absolute atomic E-state index is 12.6. The summed E-state index contributed by atoms with van der Waals surface area (Å²) in [6, 6.07) is 10.9. The lowest BCUT2D eigenvalue weighted by atomic mass is 10.1. The Hall–Kier alpha value is -3.10. The minimum Gasteiger partial charge on any atom is -0.480 e. The number of thioether (sulfide) groups is 1. The van der Waals surface area contributed by atoms with E-state index in [2.05, 4.69) is 38.0 Å². The van der Waals surface area contributed by atoms with Crippen molar-refractivity contribution >= 4 is 52.5 Å². The van der Waals surface area contributed by atoms with Gasteiger partial charge >= 0.3 is 5.97 Å². The van der Waals surface area contributed by atoms with E-state index in [4.69, 9.17) is 28.3 Å². The van der Waals surface area contributed by atoms with E-state index in [1.54, 1.807) is 32.0 Å². The maximum atomic E-state index is 12.6. The number of carboxylic acid groups (broad SMARTS) is 1. The largest absolute Gasteiger partial charge is 0.480 e. The first kappa shape index (κ1) is 26.9. The molecule has 1 heterocycles. The number of hydrogen-bond acceptors (Lipinski definition) is 7. The van der Waals surface area contributed by atoms with Gasteiger partial charge in [0.15, 0.2) is 0 Å². The second kappa shape index (κ2) is 11.5. The fourth-order valence-corrected chi connectivity index (χ4v) is 4.55. The Labute approximate surface area is 228 Å². The number of anilines is 1. The highest BCUT2D eigenvalue weighted by Crippen LogP contribution is 2.41. The summed E-state index contributed by atoms with van der Waals surface area (Å²) in [6.45, 7) is 3.37. The molecule has 2 aromatic carbocycles. The number of carboxylic acids is 1. The molecule has 1 fully saturated rings. The Bertz CT molecular complexity index is 1390. The summed E-state index contributed by atoms with van der Waals surface area (Å²) in [7, 11) is 0. The summed E-state index contributed by atoms with van der Waals surface area (Å²) in [5.74, 6) is 5.35. The van der Waals surface area contributed by atoms with Gasteiger partial charge in [0.25, 0.3) is 0 Å². The Morgan fingerprint density at radius 1 is 1.19 bits per heavy atom. The first-order chi connectivity index (χ1) is 17.6. The molecule has 0 spiro atoms. The molecule has 0 saturated heterocycles. The summed E-state index contributed by atoms with van der Waals surface area (Å²) in [5, 5.41) is 27.5. The molecule has 0 unspecified atom stereocenters. The molecule has 3 N–H and O–H groups in total. The van der Waals surface area contributed by atoms with E-state index < -0.39 is 11.5 Å². The monoisotopic (exact) mass is 558 g/mol. The number of hydrogen-bond donors (Lipinski definition) is 3. The van der Waals surface area contributed by atoms with Crippen molar-refractivity contribution in [3.63, 3.8) is 0 Å². The van der Waals surface area contributed by atoms with Crippen molar-refractivity contribution in [3.8, 4) is 17.5 Å². The molecule has 0 atom stereocenters. The molecule has 4 rings (SSSR count). The first-order valence-corrected chi connectivity index (χ1v) is 13.2. The zero-order chi connectivity index (χ0) is 26.6. The molecule has 0 radical (unpaired) electrons. The predicted molar refractivity (Wildman–Crippen MR) is 144 cm³/mol. The third kappa shape index (κ3) is 7.46. The fraction of sp³-hybridized carbons (Fsp3) is 0.320. The zero-order valence-electron chi connectivity index (χ0n) is 20.1. The molecule has 1 aromatic heterocycles. The van der Waals surface area contributed by atoms with Crippen molar-refractivity contribution in [1.29, 1.82) is 0 Å². The summed E-state index contributed by atoms with van der Waals surface area (Å²) < 4.78 is 1.52. The molecule has 1 aliphatic rings. The van der Waals surface area contributed by atoms with Crippen LogP contribution >= 0.6 is 35.0 Å². The number of amides is 1. The minimum absolute atomic E-state index is 0.0550. The average Bonchev–Trinajstić information content (AvgIpc) is 3.60. The fourth-order valence-electron chi connectivity index (χ4n) is 3.37. The van der Waals surface area contributed by atoms with Gasteiger partial charge < -0.3 is 10.4 Å². The Balaban J connectivity index is 1.36. The lowest BCUT2D eigenvalue weighted by molar-refractivity contribution is -0.136. The molecule has 0 bridgehead atoms. The van der Waals surface area contributed by atoms with E-state index in [-0.39, 0.29) is 18.2 Å². The van der Waals surface area contributed by atoms with Gasteiger partial charge in [-0.1, -0.05) is 52.9 Å². The van der Waals surface area contributed by atoms with Gasteiger partial charge in [-0.05, 0) is 78.9 Å². The SMILES string of the molecule is CC(C)(C#Cc1ccc(NC(=O)CSc2nnnn2-c2ccc(C3CC3)cc2Cl)c(Cl)c1)NCC(=O)O. The molecule has 37 heavy (non-hydrogen) atoms. The number of carbonyl (C=O) groups is 2. The molecule has 1 saturated carbocycles. The van der Waals surface area contributed by atoms with Gasteiger partial charge in [0.2, 0.25) is 11.1 Å². The van der Waals surface area contributed by atoms with Crippen LogP contribution in [0.1, 0.15) is 43.7 Å². The van der Waals surface area contributed by atoms with Crippen molar-refractivity contribution in [1.82, 2.24) is 25.5 Å². The quantitative estimate of drug-likeness (QED) is 0.261. The van der Waals surface area contributed by atoms with Crippen LogP contribution in [0, 0.1) is 11.8 Å². The van der Waals surface area contributed by atoms with Crippen LogP contribution < -0.4 is 10.6 Å². The van der Waals surface area contributed by atoms with E-state index in [0.29, 0.717) is 38.1 Å². The van der Waals surface area contributed by atoms with Crippen molar-refractivity contribution < 1.29 is 14.7 Å². The molecular weight excluding hydrogens is 535 g/mol. The number of benzene rings is 2. The Kier molecular flexibility index (Phi) is 8.39. The summed E-state index contributed by atoms with van der Waals surface area (Å²) in [6.07, 6.45) is 2.36. The summed E-state index contributed by atoms with van der Waals surface area (Å²) >= 11 is 14.0. The number of aliphatic carboxylic acids is 1. The van der Waals surface area contributed by atoms with E-state index in [9.17, 15) is 9.59 Å². The van der Waals surface area contributed by atoms with Crippen molar-refractivity contribution in [2.24, 2.45) is 0 Å². The standard InChI is InChI=1S/C25H24Cl2N6O3S/c1-25(2,28-13-23(35)36)10-9-15-3-7-20(18(26)11-15)29-22(34)14-37-24-30-31-32-33(24)21-8-6-17(12-19(21)27)16-4-5-16/h3,6-8,11-12,16,28H,4-5,13-14H2,1-2H3,(H,29,34)(H,35,36). The van der Waals surface area contributed by atoms with E-state index in [1.807, 2.05) is 18.2 Å². The van der Waals surface area contributed by atoms with Crippen LogP contribution in [0.3, 0.4) is 0 Å². The molecule has 192 valence electrons. The normalized spacial score (nSPS) is 13.1. The van der Waals surface area contributed by atoms with Gasteiger partial charge in [-0.3, -0.25) is 14.9 Å². The van der Waals surface area contributed by atoms with Crippen molar-refractivity contribution in [2.75, 3.05) is 17.6 Å². The molecule has 9 nitrogen and oxygen atoms in total. The smallest absolute Gasteiger partial charge is 0.317 e. The lowest BCUT2D eigenvalue weighted by Crippen LogP contribution is -2.40. The van der Waals surface area contributed by atoms with E-state index >= 15 is 0 Å². The molecular formula is C25H24Cl2N6O3S. The van der Waals surface area contributed by atoms with Crippen LogP contribution in [0.2, 0.25) is 10.0 Å². The average molecular weight is 559 g/mol. The summed E-state index contributed by atoms with van der Waals surface area (Å²) in [4.78, 5) is 23.3. The molecule has 12 heteroatoms. The minimum atomic E-state index is -0.959. The van der Waals surface area contributed by atoms with Gasteiger partial charge in [0, 0.05) is 5.56 Å². The first-order valence-electron chi connectivity index (χ1n) is 11.4. The third-order valence-corrected chi connectivity index (χ3v) is 7.00. The highest BCUT2D eigenvalue weighted by atomic mass is 35.5. The van der Waals surface area contributed by atoms with Gasteiger partial charge in [-0.2, -0.15) is 4.68 Å². The van der Waals surface area contributed by atoms with Crippen LogP contribution in [-0.2, 0) is 9.59 Å². The van der Waals surface area contributed by atoms with Crippen LogP contribution in [0.25, 0.3) is 5.69 Å². The number of halogens is 2. The van der Waals surface area contributed by atoms with Gasteiger partial charge in [-0.25, -0.2) is 0 Å². The second-order valence-corrected chi connectivity index (χ2v) is 10.8. The number of nitrogens with one attached hydrogen (secondary N) is 2. The molecule has 0 aliphatic heterocycles. The highest BCUT2D eigenvalue weighted by Gasteiger charge is 2.24.